The molecule has 0 nitrogen and oxygen atoms in total. The van der Waals surface area contributed by atoms with Gasteiger partial charge in [0.1, 0.15) is 0 Å². The van der Waals surface area contributed by atoms with Crippen molar-refractivity contribution in [3.8, 4) is 0 Å². The van der Waals surface area contributed by atoms with Crippen molar-refractivity contribution in [2.45, 2.75) is 64.7 Å². The van der Waals surface area contributed by atoms with E-state index in [-0.39, 0.29) is 0 Å². The summed E-state index contributed by atoms with van der Waals surface area (Å²) in [6.07, 6.45) is 12.1. The van der Waals surface area contributed by atoms with E-state index in [1.165, 1.54) is 68.9 Å². The van der Waals surface area contributed by atoms with Gasteiger partial charge in [0.15, 0.2) is 0 Å². The third-order valence-corrected chi connectivity index (χ3v) is 3.89. The van der Waals surface area contributed by atoms with Crippen molar-refractivity contribution < 1.29 is 0 Å². The minimum atomic E-state index is 1.25. The first-order valence-corrected chi connectivity index (χ1v) is 7.34. The van der Waals surface area contributed by atoms with Crippen molar-refractivity contribution >= 4 is 0 Å². The van der Waals surface area contributed by atoms with Gasteiger partial charge in [-0.15, -0.1) is 0 Å². The first-order valence-electron chi connectivity index (χ1n) is 7.34. The molecule has 0 aromatic heterocycles. The highest BCUT2D eigenvalue weighted by Crippen LogP contribution is 2.31. The van der Waals surface area contributed by atoms with Gasteiger partial charge < -0.3 is 0 Å². The monoisotopic (exact) mass is 229 g/mol. The van der Waals surface area contributed by atoms with Crippen molar-refractivity contribution in [2.75, 3.05) is 0 Å². The van der Waals surface area contributed by atoms with Crippen molar-refractivity contribution in [3.63, 3.8) is 0 Å². The van der Waals surface area contributed by atoms with Gasteiger partial charge in [0.2, 0.25) is 0 Å². The Morgan fingerprint density at radius 3 is 2.24 bits per heavy atom. The molecule has 0 atom stereocenters. The molecule has 1 aliphatic rings. The molecule has 0 heterocycles. The Hall–Kier alpha value is -0.780. The number of hydrogen-bond donors (Lipinski definition) is 0. The van der Waals surface area contributed by atoms with E-state index in [4.69, 9.17) is 0 Å². The van der Waals surface area contributed by atoms with Gasteiger partial charge in [-0.1, -0.05) is 63.3 Å². The number of unbranched alkanes of at least 4 members (excludes halogenated alkanes) is 2. The fourth-order valence-electron chi connectivity index (χ4n) is 2.75. The van der Waals surface area contributed by atoms with Gasteiger partial charge in [0.25, 0.3) is 0 Å². The molecule has 0 heteroatoms. The van der Waals surface area contributed by atoms with Crippen LogP contribution in [0.15, 0.2) is 24.3 Å². The van der Waals surface area contributed by atoms with Crippen LogP contribution in [0, 0.1) is 5.92 Å². The highest BCUT2D eigenvalue weighted by molar-refractivity contribution is 5.33. The van der Waals surface area contributed by atoms with E-state index >= 15 is 0 Å². The predicted octanol–water partition coefficient (Wildman–Crippen LogP) is 5.31. The van der Waals surface area contributed by atoms with Crippen molar-refractivity contribution in [1.82, 2.24) is 0 Å². The lowest BCUT2D eigenvalue weighted by molar-refractivity contribution is 0.551. The van der Waals surface area contributed by atoms with Crippen molar-refractivity contribution in [2.24, 2.45) is 0 Å². The normalized spacial score (nSPS) is 17.2. The van der Waals surface area contributed by atoms with Crippen LogP contribution in [-0.2, 0) is 6.42 Å². The van der Waals surface area contributed by atoms with Crippen molar-refractivity contribution in [1.29, 1.82) is 0 Å². The van der Waals surface area contributed by atoms with E-state index in [1.54, 1.807) is 5.92 Å². The molecular formula is C17H25. The van der Waals surface area contributed by atoms with Gasteiger partial charge in [-0.3, -0.25) is 0 Å². The Morgan fingerprint density at radius 1 is 0.882 bits per heavy atom. The molecule has 0 bridgehead atoms. The first-order chi connectivity index (χ1) is 8.40. The highest BCUT2D eigenvalue weighted by Gasteiger charge is 2.15. The summed E-state index contributed by atoms with van der Waals surface area (Å²) in [5.41, 5.74) is 3.02. The average molecular weight is 229 g/mol. The minimum Gasteiger partial charge on any atom is -0.0654 e. The second-order valence-electron chi connectivity index (χ2n) is 5.32. The van der Waals surface area contributed by atoms with Gasteiger partial charge >= 0.3 is 0 Å². The first kappa shape index (κ1) is 12.7. The number of benzene rings is 1. The summed E-state index contributed by atoms with van der Waals surface area (Å²) in [5, 5.41) is 0. The smallest absolute Gasteiger partial charge is 0.00498 e. The molecule has 0 spiro atoms. The summed E-state index contributed by atoms with van der Waals surface area (Å²) < 4.78 is 0. The van der Waals surface area contributed by atoms with Gasteiger partial charge in [-0.05, 0) is 36.8 Å². The summed E-state index contributed by atoms with van der Waals surface area (Å²) in [7, 11) is 0. The van der Waals surface area contributed by atoms with Crippen LogP contribution in [0.2, 0.25) is 0 Å². The molecule has 2 rings (SSSR count). The fraction of sp³-hybridized carbons (Fsp3) is 0.588. The van der Waals surface area contributed by atoms with Crippen LogP contribution in [0.3, 0.4) is 0 Å². The lowest BCUT2D eigenvalue weighted by Gasteiger charge is -2.21. The molecule has 1 aliphatic carbocycles. The minimum absolute atomic E-state index is 1.25. The molecule has 1 fully saturated rings. The lowest BCUT2D eigenvalue weighted by Crippen LogP contribution is -2.05. The molecule has 1 aromatic carbocycles. The van der Waals surface area contributed by atoms with E-state index in [0.717, 1.165) is 0 Å². The highest BCUT2D eigenvalue weighted by atomic mass is 14.2. The average Bonchev–Trinajstić information content (AvgIpc) is 2.41. The summed E-state index contributed by atoms with van der Waals surface area (Å²) in [5.74, 6) is 1.69. The Morgan fingerprint density at radius 2 is 1.59 bits per heavy atom. The Kier molecular flexibility index (Phi) is 5.09. The quantitative estimate of drug-likeness (QED) is 0.600. The summed E-state index contributed by atoms with van der Waals surface area (Å²) >= 11 is 0. The zero-order valence-electron chi connectivity index (χ0n) is 11.2. The molecular weight excluding hydrogens is 204 g/mol. The summed E-state index contributed by atoms with van der Waals surface area (Å²) in [6, 6.07) is 9.38. The molecule has 0 saturated heterocycles. The third-order valence-electron chi connectivity index (χ3n) is 3.89. The number of hydrogen-bond acceptors (Lipinski definition) is 0. The maximum absolute atomic E-state index is 2.35. The van der Waals surface area contributed by atoms with E-state index in [0.29, 0.717) is 0 Å². The van der Waals surface area contributed by atoms with Gasteiger partial charge in [0, 0.05) is 5.92 Å². The Bertz CT molecular complexity index is 303. The zero-order chi connectivity index (χ0) is 11.9. The van der Waals surface area contributed by atoms with Crippen LogP contribution in [0.25, 0.3) is 0 Å². The molecule has 1 aromatic rings. The molecule has 0 unspecified atom stereocenters. The SMILES string of the molecule is CCCCCc1ccc([C]2CCCCC2)cc1. The van der Waals surface area contributed by atoms with Crippen LogP contribution in [-0.4, -0.2) is 0 Å². The molecule has 93 valence electrons. The van der Waals surface area contributed by atoms with Crippen LogP contribution < -0.4 is 0 Å². The van der Waals surface area contributed by atoms with E-state index < -0.39 is 0 Å². The lowest BCUT2D eigenvalue weighted by atomic mass is 9.84. The fourth-order valence-corrected chi connectivity index (χ4v) is 2.75. The van der Waals surface area contributed by atoms with E-state index in [9.17, 15) is 0 Å². The molecule has 0 N–H and O–H groups in total. The van der Waals surface area contributed by atoms with Crippen LogP contribution in [0.1, 0.15) is 69.4 Å². The Labute approximate surface area is 106 Å². The van der Waals surface area contributed by atoms with Crippen LogP contribution >= 0.6 is 0 Å². The number of rotatable bonds is 5. The van der Waals surface area contributed by atoms with Crippen LogP contribution in [0.5, 0.6) is 0 Å². The maximum atomic E-state index is 2.35. The number of aryl methyl sites for hydroxylation is 1. The zero-order valence-corrected chi connectivity index (χ0v) is 11.2. The largest absolute Gasteiger partial charge is 0.0654 e. The second-order valence-corrected chi connectivity index (χ2v) is 5.32. The summed E-state index contributed by atoms with van der Waals surface area (Å²) in [4.78, 5) is 0. The van der Waals surface area contributed by atoms with Crippen molar-refractivity contribution in [3.05, 3.63) is 41.3 Å². The maximum Gasteiger partial charge on any atom is 0.00498 e. The topological polar surface area (TPSA) is 0 Å². The summed E-state index contributed by atoms with van der Waals surface area (Å²) in [6.45, 7) is 2.27. The van der Waals surface area contributed by atoms with E-state index in [1.807, 2.05) is 0 Å². The predicted molar refractivity (Wildman–Crippen MR) is 75.1 cm³/mol. The molecule has 1 saturated carbocycles. The van der Waals surface area contributed by atoms with Crippen LogP contribution in [0.4, 0.5) is 0 Å². The van der Waals surface area contributed by atoms with Gasteiger partial charge in [0.05, 0.1) is 0 Å². The second kappa shape index (κ2) is 6.83. The Balaban J connectivity index is 1.88. The molecule has 0 amide bonds. The van der Waals surface area contributed by atoms with E-state index in [2.05, 4.69) is 31.2 Å². The third kappa shape index (κ3) is 3.87. The molecule has 1 radical (unpaired) electrons. The molecule has 0 aliphatic heterocycles. The van der Waals surface area contributed by atoms with Gasteiger partial charge in [-0.25, -0.2) is 0 Å². The molecule has 17 heavy (non-hydrogen) atoms. The standard InChI is InChI=1S/C17H25/c1-2-3-5-8-15-11-13-17(14-12-15)16-9-6-4-7-10-16/h11-14H,2-10H2,1H3. The van der Waals surface area contributed by atoms with Gasteiger partial charge in [-0.2, -0.15) is 0 Å².